The van der Waals surface area contributed by atoms with E-state index in [0.29, 0.717) is 27.9 Å². The maximum absolute atomic E-state index is 13.0. The number of benzene rings is 2. The number of hydrogen-bond acceptors (Lipinski definition) is 5. The number of likely N-dealkylation sites (N-methyl/N-ethyl adjacent to an activating group) is 1. The average Bonchev–Trinajstić information content (AvgIpc) is 2.73. The molecule has 0 saturated heterocycles. The van der Waals surface area contributed by atoms with Crippen molar-refractivity contribution in [3.05, 3.63) is 73.8 Å². The minimum atomic E-state index is -0.709. The quantitative estimate of drug-likeness (QED) is 0.390. The highest BCUT2D eigenvalue weighted by Crippen LogP contribution is 2.27. The average molecular weight is 484 g/mol. The van der Waals surface area contributed by atoms with Gasteiger partial charge in [0.25, 0.3) is 5.69 Å². The molecule has 2 rings (SSSR count). The largest absolute Gasteiger partial charge is 0.355 e. The Bertz CT molecular complexity index is 920. The molecule has 10 heteroatoms. The van der Waals surface area contributed by atoms with Crippen LogP contribution >= 0.6 is 35.0 Å². The summed E-state index contributed by atoms with van der Waals surface area (Å²) in [5.74, 6) is 0.129. The number of amides is 2. The van der Waals surface area contributed by atoms with E-state index in [1.54, 1.807) is 37.3 Å². The van der Waals surface area contributed by atoms with Crippen molar-refractivity contribution in [1.29, 1.82) is 0 Å². The zero-order valence-corrected chi connectivity index (χ0v) is 19.5. The van der Waals surface area contributed by atoms with E-state index in [4.69, 9.17) is 23.2 Å². The number of nitro benzene ring substituents is 1. The summed E-state index contributed by atoms with van der Waals surface area (Å²) in [5, 5.41) is 14.3. The highest BCUT2D eigenvalue weighted by Gasteiger charge is 2.27. The fraction of sp³-hybridized carbons (Fsp3) is 0.333. The summed E-state index contributed by atoms with van der Waals surface area (Å²) in [6, 6.07) is 10.6. The number of nitro groups is 1. The van der Waals surface area contributed by atoms with Crippen molar-refractivity contribution >= 4 is 52.5 Å². The molecule has 1 N–H and O–H groups in total. The summed E-state index contributed by atoms with van der Waals surface area (Å²) in [6.45, 7) is 4.02. The van der Waals surface area contributed by atoms with Crippen LogP contribution in [0.5, 0.6) is 0 Å². The lowest BCUT2D eigenvalue weighted by Gasteiger charge is -2.29. The Morgan fingerprint density at radius 1 is 1.16 bits per heavy atom. The standard InChI is InChI=1S/C21H23Cl2N3O4S/c1-3-24-21(28)14(2)25(11-17-18(22)5-4-6-19(17)23)20(27)13-31-12-15-7-9-16(10-8-15)26(29)30/h4-10,14H,3,11-13H2,1-2H3,(H,24,28)/t14-/m0/s1. The maximum atomic E-state index is 13.0. The molecule has 31 heavy (non-hydrogen) atoms. The van der Waals surface area contributed by atoms with Crippen LogP contribution in [0.1, 0.15) is 25.0 Å². The molecule has 0 aliphatic rings. The van der Waals surface area contributed by atoms with Crippen LogP contribution in [0.2, 0.25) is 10.0 Å². The number of nitrogens with zero attached hydrogens (tertiary/aromatic N) is 2. The third kappa shape index (κ3) is 7.12. The third-order valence-corrected chi connectivity index (χ3v) is 6.25. The van der Waals surface area contributed by atoms with E-state index in [-0.39, 0.29) is 29.8 Å². The van der Waals surface area contributed by atoms with Gasteiger partial charge >= 0.3 is 0 Å². The fourth-order valence-corrected chi connectivity index (χ4v) is 4.20. The van der Waals surface area contributed by atoms with Crippen LogP contribution in [-0.4, -0.2) is 40.0 Å². The minimum absolute atomic E-state index is 0.0170. The van der Waals surface area contributed by atoms with E-state index in [1.807, 2.05) is 6.92 Å². The summed E-state index contributed by atoms with van der Waals surface area (Å²) in [5.41, 5.74) is 1.46. The van der Waals surface area contributed by atoms with Crippen molar-refractivity contribution in [2.75, 3.05) is 12.3 Å². The predicted octanol–water partition coefficient (Wildman–Crippen LogP) is 4.69. The van der Waals surface area contributed by atoms with Gasteiger partial charge in [-0.15, -0.1) is 11.8 Å². The zero-order valence-electron chi connectivity index (χ0n) is 17.1. The first-order valence-electron chi connectivity index (χ1n) is 9.55. The van der Waals surface area contributed by atoms with Gasteiger partial charge in [0.15, 0.2) is 0 Å². The van der Waals surface area contributed by atoms with Gasteiger partial charge in [-0.25, -0.2) is 0 Å². The normalized spacial score (nSPS) is 11.6. The maximum Gasteiger partial charge on any atom is 0.269 e. The lowest BCUT2D eigenvalue weighted by Crippen LogP contribution is -2.48. The summed E-state index contributed by atoms with van der Waals surface area (Å²) in [6.07, 6.45) is 0. The number of nitrogens with one attached hydrogen (secondary N) is 1. The van der Waals surface area contributed by atoms with Crippen molar-refractivity contribution in [2.45, 2.75) is 32.2 Å². The van der Waals surface area contributed by atoms with Gasteiger partial charge in [-0.05, 0) is 31.5 Å². The molecule has 0 aliphatic heterocycles. The van der Waals surface area contributed by atoms with Gasteiger partial charge in [0, 0.05) is 46.6 Å². The lowest BCUT2D eigenvalue weighted by molar-refractivity contribution is -0.384. The third-order valence-electron chi connectivity index (χ3n) is 4.55. The van der Waals surface area contributed by atoms with Gasteiger partial charge in [-0.3, -0.25) is 19.7 Å². The SMILES string of the molecule is CCNC(=O)[C@H](C)N(Cc1c(Cl)cccc1Cl)C(=O)CSCc1ccc([N+](=O)[O-])cc1. The molecule has 0 aromatic heterocycles. The highest BCUT2D eigenvalue weighted by molar-refractivity contribution is 7.99. The van der Waals surface area contributed by atoms with Crippen LogP contribution in [-0.2, 0) is 21.9 Å². The van der Waals surface area contributed by atoms with Gasteiger partial charge in [-0.2, -0.15) is 0 Å². The minimum Gasteiger partial charge on any atom is -0.355 e. The number of hydrogen-bond donors (Lipinski definition) is 1. The van der Waals surface area contributed by atoms with E-state index in [9.17, 15) is 19.7 Å². The molecule has 0 bridgehead atoms. The Morgan fingerprint density at radius 2 is 1.77 bits per heavy atom. The Kier molecular flexibility index (Phi) is 9.61. The smallest absolute Gasteiger partial charge is 0.269 e. The topological polar surface area (TPSA) is 92.6 Å². The van der Waals surface area contributed by atoms with E-state index < -0.39 is 11.0 Å². The second-order valence-corrected chi connectivity index (χ2v) is 8.51. The van der Waals surface area contributed by atoms with Crippen LogP contribution in [0.4, 0.5) is 5.69 Å². The molecule has 0 fully saturated rings. The molecule has 0 heterocycles. The molecular weight excluding hydrogens is 461 g/mol. The summed E-state index contributed by atoms with van der Waals surface area (Å²) in [7, 11) is 0. The molecule has 2 aromatic rings. The highest BCUT2D eigenvalue weighted by atomic mass is 35.5. The summed E-state index contributed by atoms with van der Waals surface area (Å²) < 4.78 is 0. The monoisotopic (exact) mass is 483 g/mol. The second-order valence-electron chi connectivity index (χ2n) is 6.71. The summed E-state index contributed by atoms with van der Waals surface area (Å²) in [4.78, 5) is 37.2. The Balaban J connectivity index is 2.10. The first-order valence-corrected chi connectivity index (χ1v) is 11.5. The molecule has 2 aromatic carbocycles. The van der Waals surface area contributed by atoms with Crippen LogP contribution in [0, 0.1) is 10.1 Å². The van der Waals surface area contributed by atoms with Gasteiger partial charge in [0.05, 0.1) is 10.7 Å². The van der Waals surface area contributed by atoms with E-state index >= 15 is 0 Å². The fourth-order valence-electron chi connectivity index (χ4n) is 2.81. The molecule has 0 aliphatic carbocycles. The van der Waals surface area contributed by atoms with Gasteiger partial charge < -0.3 is 10.2 Å². The molecule has 0 unspecified atom stereocenters. The number of thioether (sulfide) groups is 1. The number of halogens is 2. The molecule has 0 saturated carbocycles. The number of rotatable bonds is 10. The molecule has 2 amide bonds. The zero-order chi connectivity index (χ0) is 23.0. The van der Waals surface area contributed by atoms with Gasteiger partial charge in [0.2, 0.25) is 11.8 Å². The molecule has 0 radical (unpaired) electrons. The summed E-state index contributed by atoms with van der Waals surface area (Å²) >= 11 is 13.9. The van der Waals surface area contributed by atoms with Gasteiger partial charge in [-0.1, -0.05) is 41.4 Å². The van der Waals surface area contributed by atoms with Crippen LogP contribution in [0.15, 0.2) is 42.5 Å². The molecule has 166 valence electrons. The van der Waals surface area contributed by atoms with Gasteiger partial charge in [0.1, 0.15) is 6.04 Å². The first kappa shape index (κ1) is 25.0. The van der Waals surface area contributed by atoms with Crippen molar-refractivity contribution < 1.29 is 14.5 Å². The Morgan fingerprint density at radius 3 is 2.32 bits per heavy atom. The second kappa shape index (κ2) is 11.9. The predicted molar refractivity (Wildman–Crippen MR) is 124 cm³/mol. The molecular formula is C21H23Cl2N3O4S. The lowest BCUT2D eigenvalue weighted by atomic mass is 10.1. The number of carbonyl (C=O) groups is 2. The van der Waals surface area contributed by atoms with Crippen molar-refractivity contribution in [2.24, 2.45) is 0 Å². The van der Waals surface area contributed by atoms with Crippen LogP contribution < -0.4 is 5.32 Å². The Labute approximate surface area is 195 Å². The van der Waals surface area contributed by atoms with Crippen molar-refractivity contribution in [1.82, 2.24) is 10.2 Å². The first-order chi connectivity index (χ1) is 14.7. The van der Waals surface area contributed by atoms with Crippen LogP contribution in [0.3, 0.4) is 0 Å². The van der Waals surface area contributed by atoms with Crippen molar-refractivity contribution in [3.8, 4) is 0 Å². The van der Waals surface area contributed by atoms with E-state index in [2.05, 4.69) is 5.32 Å². The molecule has 7 nitrogen and oxygen atoms in total. The van der Waals surface area contributed by atoms with Crippen molar-refractivity contribution in [3.63, 3.8) is 0 Å². The number of carbonyl (C=O) groups excluding carboxylic acids is 2. The Hall–Kier alpha value is -2.29. The van der Waals surface area contributed by atoms with Crippen LogP contribution in [0.25, 0.3) is 0 Å². The van der Waals surface area contributed by atoms with E-state index in [0.717, 1.165) is 5.56 Å². The van der Waals surface area contributed by atoms with E-state index in [1.165, 1.54) is 28.8 Å². The number of non-ortho nitro benzene ring substituents is 1. The molecule has 0 spiro atoms. The molecule has 1 atom stereocenters.